The lowest BCUT2D eigenvalue weighted by Gasteiger charge is -2.32. The Balaban J connectivity index is 1.31. The van der Waals surface area contributed by atoms with E-state index in [1.807, 2.05) is 18.2 Å². The number of likely N-dealkylation sites (tertiary alicyclic amines) is 1. The second-order valence-electron chi connectivity index (χ2n) is 8.53. The van der Waals surface area contributed by atoms with Gasteiger partial charge in [-0.05, 0) is 30.9 Å². The molecule has 0 radical (unpaired) electrons. The van der Waals surface area contributed by atoms with Crippen molar-refractivity contribution in [1.82, 2.24) is 20.9 Å². The molecule has 2 aromatic carbocycles. The maximum Gasteiger partial charge on any atom is 0.239 e. The van der Waals surface area contributed by atoms with Gasteiger partial charge in [-0.1, -0.05) is 54.6 Å². The summed E-state index contributed by atoms with van der Waals surface area (Å²) in [5, 5.41) is 16.3. The molecule has 176 valence electrons. The number of carbonyl (C=O) groups excluding carboxylic acids is 2. The molecule has 3 rings (SSSR count). The maximum absolute atomic E-state index is 12.3. The molecular formula is C25H34N6O2. The standard InChI is InChI=1S/C25H34N6O2/c1-18(28-15-19-7-9-21(10-8-19)24(26)27)25(33)29-16-23(32)30-22-11-13-31(14-12-22)17-20-5-3-2-4-6-20/h2-10,18,22,28H,11-17H2,1H3,(H3,26,27)(H,29,33)(H,30,32). The molecule has 1 atom stereocenters. The molecule has 0 aromatic heterocycles. The lowest BCUT2D eigenvalue weighted by molar-refractivity contribution is -0.127. The summed E-state index contributed by atoms with van der Waals surface area (Å²) in [5.41, 5.74) is 8.41. The van der Waals surface area contributed by atoms with E-state index < -0.39 is 6.04 Å². The van der Waals surface area contributed by atoms with Gasteiger partial charge in [-0.15, -0.1) is 0 Å². The van der Waals surface area contributed by atoms with Crippen molar-refractivity contribution in [2.45, 2.75) is 44.9 Å². The maximum atomic E-state index is 12.3. The molecular weight excluding hydrogens is 416 g/mol. The van der Waals surface area contributed by atoms with E-state index in [0.29, 0.717) is 12.1 Å². The number of nitrogens with one attached hydrogen (secondary N) is 4. The SMILES string of the molecule is CC(NCc1ccc(C(=N)N)cc1)C(=O)NCC(=O)NC1CCN(Cc2ccccc2)CC1. The zero-order valence-electron chi connectivity index (χ0n) is 19.1. The van der Waals surface area contributed by atoms with Crippen molar-refractivity contribution in [3.05, 3.63) is 71.3 Å². The summed E-state index contributed by atoms with van der Waals surface area (Å²) in [4.78, 5) is 27.0. The third-order valence-corrected chi connectivity index (χ3v) is 5.90. The zero-order chi connectivity index (χ0) is 23.6. The van der Waals surface area contributed by atoms with Crippen molar-refractivity contribution < 1.29 is 9.59 Å². The van der Waals surface area contributed by atoms with Crippen LogP contribution in [0.4, 0.5) is 0 Å². The van der Waals surface area contributed by atoms with Gasteiger partial charge in [0.05, 0.1) is 12.6 Å². The number of hydrogen-bond acceptors (Lipinski definition) is 5. The Kier molecular flexibility index (Phi) is 8.97. The number of piperidine rings is 1. The van der Waals surface area contributed by atoms with Crippen LogP contribution in [0.1, 0.15) is 36.5 Å². The summed E-state index contributed by atoms with van der Waals surface area (Å²) in [5.74, 6) is -0.349. The molecule has 1 fully saturated rings. The quantitative estimate of drug-likeness (QED) is 0.276. The van der Waals surface area contributed by atoms with Crippen LogP contribution in [0.25, 0.3) is 0 Å². The highest BCUT2D eigenvalue weighted by Crippen LogP contribution is 2.13. The van der Waals surface area contributed by atoms with E-state index in [1.54, 1.807) is 19.1 Å². The predicted octanol–water partition coefficient (Wildman–Crippen LogP) is 1.35. The fourth-order valence-corrected chi connectivity index (χ4v) is 3.84. The average molecular weight is 451 g/mol. The van der Waals surface area contributed by atoms with E-state index in [9.17, 15) is 9.59 Å². The molecule has 0 aliphatic carbocycles. The first-order valence-electron chi connectivity index (χ1n) is 11.4. The molecule has 1 aliphatic rings. The smallest absolute Gasteiger partial charge is 0.239 e. The second-order valence-corrected chi connectivity index (χ2v) is 8.53. The van der Waals surface area contributed by atoms with E-state index >= 15 is 0 Å². The summed E-state index contributed by atoms with van der Waals surface area (Å²) in [6.45, 7) is 5.06. The van der Waals surface area contributed by atoms with E-state index in [4.69, 9.17) is 11.1 Å². The molecule has 8 nitrogen and oxygen atoms in total. The van der Waals surface area contributed by atoms with Gasteiger partial charge in [0.25, 0.3) is 0 Å². The Bertz CT molecular complexity index is 924. The van der Waals surface area contributed by atoms with E-state index in [1.165, 1.54) is 5.56 Å². The van der Waals surface area contributed by atoms with E-state index in [2.05, 4.69) is 45.1 Å². The lowest BCUT2D eigenvalue weighted by atomic mass is 10.0. The Morgan fingerprint density at radius 3 is 2.36 bits per heavy atom. The topological polar surface area (TPSA) is 123 Å². The third-order valence-electron chi connectivity index (χ3n) is 5.90. The highest BCUT2D eigenvalue weighted by Gasteiger charge is 2.21. The fourth-order valence-electron chi connectivity index (χ4n) is 3.84. The Labute approximate surface area is 195 Å². The summed E-state index contributed by atoms with van der Waals surface area (Å²) >= 11 is 0. The molecule has 1 unspecified atom stereocenters. The van der Waals surface area contributed by atoms with Crippen LogP contribution < -0.4 is 21.7 Å². The molecule has 8 heteroatoms. The Morgan fingerprint density at radius 1 is 1.06 bits per heavy atom. The van der Waals surface area contributed by atoms with Crippen LogP contribution in [0.15, 0.2) is 54.6 Å². The van der Waals surface area contributed by atoms with Crippen LogP contribution in [0, 0.1) is 5.41 Å². The van der Waals surface area contributed by atoms with Gasteiger partial charge in [-0.25, -0.2) is 0 Å². The van der Waals surface area contributed by atoms with Crippen molar-refractivity contribution in [2.24, 2.45) is 5.73 Å². The van der Waals surface area contributed by atoms with Gasteiger partial charge in [0.15, 0.2) is 0 Å². The highest BCUT2D eigenvalue weighted by atomic mass is 16.2. The van der Waals surface area contributed by atoms with Gasteiger partial charge in [0, 0.05) is 37.8 Å². The van der Waals surface area contributed by atoms with Crippen LogP contribution in [0.5, 0.6) is 0 Å². The monoisotopic (exact) mass is 450 g/mol. The average Bonchev–Trinajstić information content (AvgIpc) is 2.83. The number of rotatable bonds is 10. The number of hydrogen-bond donors (Lipinski definition) is 5. The van der Waals surface area contributed by atoms with Crippen LogP contribution in [0.3, 0.4) is 0 Å². The molecule has 0 saturated carbocycles. The van der Waals surface area contributed by atoms with Crippen molar-refractivity contribution in [3.63, 3.8) is 0 Å². The first-order chi connectivity index (χ1) is 15.9. The van der Waals surface area contributed by atoms with Crippen molar-refractivity contribution >= 4 is 17.6 Å². The number of amides is 2. The molecule has 6 N–H and O–H groups in total. The number of nitrogens with two attached hydrogens (primary N) is 1. The molecule has 33 heavy (non-hydrogen) atoms. The zero-order valence-corrected chi connectivity index (χ0v) is 19.1. The summed E-state index contributed by atoms with van der Waals surface area (Å²) in [6.07, 6.45) is 1.82. The first kappa shape index (κ1) is 24.4. The predicted molar refractivity (Wildman–Crippen MR) is 130 cm³/mol. The molecule has 1 heterocycles. The van der Waals surface area contributed by atoms with Crippen LogP contribution in [-0.4, -0.2) is 54.3 Å². The van der Waals surface area contributed by atoms with Gasteiger partial charge in [0.2, 0.25) is 11.8 Å². The fraction of sp³-hybridized carbons (Fsp3) is 0.400. The van der Waals surface area contributed by atoms with Crippen LogP contribution in [0.2, 0.25) is 0 Å². The molecule has 0 spiro atoms. The second kappa shape index (κ2) is 12.1. The largest absolute Gasteiger partial charge is 0.384 e. The number of nitrogen functional groups attached to an aromatic ring is 1. The summed E-state index contributed by atoms with van der Waals surface area (Å²) in [7, 11) is 0. The number of carbonyl (C=O) groups is 2. The molecule has 1 saturated heterocycles. The molecule has 2 aromatic rings. The Hall–Kier alpha value is -3.23. The number of benzene rings is 2. The van der Waals surface area contributed by atoms with E-state index in [-0.39, 0.29) is 30.2 Å². The first-order valence-corrected chi connectivity index (χ1v) is 11.4. The minimum atomic E-state index is -0.438. The molecule has 0 bridgehead atoms. The Morgan fingerprint density at radius 2 is 1.73 bits per heavy atom. The molecule has 1 aliphatic heterocycles. The van der Waals surface area contributed by atoms with Crippen molar-refractivity contribution in [1.29, 1.82) is 5.41 Å². The van der Waals surface area contributed by atoms with Gasteiger partial charge < -0.3 is 21.7 Å². The minimum absolute atomic E-state index is 0.0254. The normalized spacial score (nSPS) is 15.5. The van der Waals surface area contributed by atoms with Gasteiger partial charge in [0.1, 0.15) is 5.84 Å². The summed E-state index contributed by atoms with van der Waals surface area (Å²) in [6, 6.07) is 17.4. The number of amidine groups is 1. The van der Waals surface area contributed by atoms with Crippen LogP contribution >= 0.6 is 0 Å². The van der Waals surface area contributed by atoms with E-state index in [0.717, 1.165) is 38.0 Å². The molecule has 2 amide bonds. The van der Waals surface area contributed by atoms with Crippen molar-refractivity contribution in [3.8, 4) is 0 Å². The van der Waals surface area contributed by atoms with Crippen LogP contribution in [-0.2, 0) is 22.7 Å². The van der Waals surface area contributed by atoms with Gasteiger partial charge in [-0.3, -0.25) is 19.9 Å². The lowest BCUT2D eigenvalue weighted by Crippen LogP contribution is -2.49. The van der Waals surface area contributed by atoms with Gasteiger partial charge >= 0.3 is 0 Å². The number of nitrogens with zero attached hydrogens (tertiary/aromatic N) is 1. The summed E-state index contributed by atoms with van der Waals surface area (Å²) < 4.78 is 0. The minimum Gasteiger partial charge on any atom is -0.384 e. The highest BCUT2D eigenvalue weighted by molar-refractivity contribution is 5.94. The third kappa shape index (κ3) is 8.00. The van der Waals surface area contributed by atoms with Crippen molar-refractivity contribution in [2.75, 3.05) is 19.6 Å². The van der Waals surface area contributed by atoms with Gasteiger partial charge in [-0.2, -0.15) is 0 Å².